The first-order chi connectivity index (χ1) is 26.5. The summed E-state index contributed by atoms with van der Waals surface area (Å²) in [5.74, 6) is 0. The van der Waals surface area contributed by atoms with Gasteiger partial charge in [-0.05, 0) is 88.0 Å². The van der Waals surface area contributed by atoms with Crippen molar-refractivity contribution in [3.05, 3.63) is 181 Å². The average molecular weight is 691 g/mol. The first-order valence-electron chi connectivity index (χ1n) is 18.8. The Morgan fingerprint density at radius 1 is 0.407 bits per heavy atom. The monoisotopic (exact) mass is 690 g/mol. The van der Waals surface area contributed by atoms with E-state index in [1.807, 2.05) is 6.07 Å². The summed E-state index contributed by atoms with van der Waals surface area (Å²) in [5.41, 5.74) is 16.6. The van der Waals surface area contributed by atoms with E-state index >= 15 is 0 Å². The van der Waals surface area contributed by atoms with Gasteiger partial charge in [0.25, 0.3) is 0 Å². The molecule has 0 aliphatic heterocycles. The van der Waals surface area contributed by atoms with E-state index in [4.69, 9.17) is 4.42 Å². The fraction of sp³-hybridized carbons (Fsp3) is 0.0588. The Hall–Kier alpha value is -6.84. The van der Waals surface area contributed by atoms with E-state index < -0.39 is 0 Å². The topological polar surface area (TPSA) is 23.0 Å². The van der Waals surface area contributed by atoms with Crippen LogP contribution in [0.25, 0.3) is 99.2 Å². The number of aromatic nitrogens is 2. The molecule has 1 aliphatic carbocycles. The highest BCUT2D eigenvalue weighted by Gasteiger charge is 2.35. The summed E-state index contributed by atoms with van der Waals surface area (Å²) >= 11 is 0. The molecule has 11 aromatic rings. The van der Waals surface area contributed by atoms with Crippen LogP contribution >= 0.6 is 0 Å². The lowest BCUT2D eigenvalue weighted by molar-refractivity contribution is 0.660. The van der Waals surface area contributed by atoms with Gasteiger partial charge in [0.2, 0.25) is 0 Å². The van der Waals surface area contributed by atoms with Gasteiger partial charge in [-0.2, -0.15) is 0 Å². The fourth-order valence-electron chi connectivity index (χ4n) is 9.58. The van der Waals surface area contributed by atoms with Gasteiger partial charge in [-0.3, -0.25) is 0 Å². The lowest BCUT2D eigenvalue weighted by atomic mass is 9.82. The van der Waals surface area contributed by atoms with Crippen LogP contribution in [0.15, 0.2) is 174 Å². The maximum absolute atomic E-state index is 6.58. The van der Waals surface area contributed by atoms with Crippen molar-refractivity contribution in [3.8, 4) is 33.6 Å². The Labute approximate surface area is 311 Å². The molecule has 3 aromatic heterocycles. The Bertz CT molecular complexity index is 3370. The molecule has 0 atom stereocenters. The summed E-state index contributed by atoms with van der Waals surface area (Å²) in [7, 11) is 0. The number of para-hydroxylation sites is 4. The molecular formula is C51H34N2O. The molecule has 3 nitrogen and oxygen atoms in total. The van der Waals surface area contributed by atoms with Crippen molar-refractivity contribution in [2.75, 3.05) is 0 Å². The second kappa shape index (κ2) is 10.6. The Kier molecular flexibility index (Phi) is 5.84. The summed E-state index contributed by atoms with van der Waals surface area (Å²) in [6.45, 7) is 4.71. The van der Waals surface area contributed by atoms with Gasteiger partial charge in [-0.15, -0.1) is 0 Å². The number of furan rings is 1. The zero-order valence-corrected chi connectivity index (χ0v) is 30.0. The highest BCUT2D eigenvalue weighted by Crippen LogP contribution is 2.49. The van der Waals surface area contributed by atoms with Crippen molar-refractivity contribution in [1.82, 2.24) is 9.13 Å². The predicted octanol–water partition coefficient (Wildman–Crippen LogP) is 13.8. The van der Waals surface area contributed by atoms with Gasteiger partial charge < -0.3 is 13.6 Å². The maximum atomic E-state index is 6.58. The van der Waals surface area contributed by atoms with Crippen LogP contribution in [0, 0.1) is 0 Å². The molecule has 254 valence electrons. The van der Waals surface area contributed by atoms with Gasteiger partial charge in [0, 0.05) is 43.4 Å². The third kappa shape index (κ3) is 3.91. The molecule has 0 bridgehead atoms. The van der Waals surface area contributed by atoms with Crippen molar-refractivity contribution in [3.63, 3.8) is 0 Å². The lowest BCUT2D eigenvalue weighted by Gasteiger charge is -2.22. The second-order valence-corrected chi connectivity index (χ2v) is 15.3. The predicted molar refractivity (Wildman–Crippen MR) is 225 cm³/mol. The van der Waals surface area contributed by atoms with E-state index in [0.29, 0.717) is 0 Å². The van der Waals surface area contributed by atoms with Gasteiger partial charge in [0.05, 0.1) is 27.8 Å². The number of hydrogen-bond acceptors (Lipinski definition) is 1. The largest absolute Gasteiger partial charge is 0.454 e. The lowest BCUT2D eigenvalue weighted by Crippen LogP contribution is -2.15. The normalized spacial score (nSPS) is 13.5. The van der Waals surface area contributed by atoms with Gasteiger partial charge >= 0.3 is 0 Å². The molecule has 0 spiro atoms. The average Bonchev–Trinajstić information content (AvgIpc) is 3.93. The molecule has 0 unspecified atom stereocenters. The van der Waals surface area contributed by atoms with Gasteiger partial charge in [-0.25, -0.2) is 0 Å². The van der Waals surface area contributed by atoms with Crippen molar-refractivity contribution < 1.29 is 4.42 Å². The van der Waals surface area contributed by atoms with Crippen molar-refractivity contribution in [2.45, 2.75) is 19.3 Å². The van der Waals surface area contributed by atoms with Crippen molar-refractivity contribution >= 4 is 65.6 Å². The standard InChI is InChI=1S/C51H34N2O/c1-51(2)42-17-7-3-12-34(42)35-26-24-33(30-43(35)51)52-44-18-8-5-14-37(44)41-28-31(23-27-46(41)52)32-22-25-38-36-13-4-9-19-45(36)53(48(38)29-32)47-20-11-16-40-39-15-6-10-21-49(39)54-50(40)47/h3-30H,1-2H3. The number of hydrogen-bond donors (Lipinski definition) is 0. The first kappa shape index (κ1) is 29.7. The molecule has 0 N–H and O–H groups in total. The van der Waals surface area contributed by atoms with E-state index in [0.717, 1.165) is 38.7 Å². The summed E-state index contributed by atoms with van der Waals surface area (Å²) in [4.78, 5) is 0. The molecular weight excluding hydrogens is 657 g/mol. The van der Waals surface area contributed by atoms with Crippen LogP contribution in [0.4, 0.5) is 0 Å². The SMILES string of the molecule is CC1(C)c2ccccc2-c2ccc(-n3c4ccccc4c4cc(-c5ccc6c7ccccc7n(-c7cccc8c7oc7ccccc78)c6c5)ccc43)cc21. The zero-order valence-electron chi connectivity index (χ0n) is 30.0. The molecule has 0 saturated carbocycles. The van der Waals surface area contributed by atoms with Gasteiger partial charge in [0.1, 0.15) is 5.58 Å². The van der Waals surface area contributed by atoms with Crippen LogP contribution in [0.5, 0.6) is 0 Å². The molecule has 12 rings (SSSR count). The minimum absolute atomic E-state index is 0.0646. The van der Waals surface area contributed by atoms with E-state index in [9.17, 15) is 0 Å². The molecule has 0 radical (unpaired) electrons. The number of nitrogens with zero attached hydrogens (tertiary/aromatic N) is 2. The fourth-order valence-corrected chi connectivity index (χ4v) is 9.58. The third-order valence-corrected chi connectivity index (χ3v) is 12.1. The molecule has 0 saturated heterocycles. The highest BCUT2D eigenvalue weighted by atomic mass is 16.3. The molecule has 3 heterocycles. The molecule has 1 aliphatic rings. The zero-order chi connectivity index (χ0) is 35.7. The second-order valence-electron chi connectivity index (χ2n) is 15.3. The molecule has 8 aromatic carbocycles. The maximum Gasteiger partial charge on any atom is 0.159 e. The third-order valence-electron chi connectivity index (χ3n) is 12.1. The van der Waals surface area contributed by atoms with Gasteiger partial charge in [0.15, 0.2) is 5.58 Å². The smallest absolute Gasteiger partial charge is 0.159 e. The number of fused-ring (bicyclic) bond motifs is 12. The molecule has 54 heavy (non-hydrogen) atoms. The van der Waals surface area contributed by atoms with Crippen LogP contribution in [-0.4, -0.2) is 9.13 Å². The van der Waals surface area contributed by atoms with Crippen LogP contribution < -0.4 is 0 Å². The molecule has 0 fully saturated rings. The molecule has 3 heteroatoms. The Balaban J connectivity index is 1.05. The Morgan fingerprint density at radius 2 is 1.04 bits per heavy atom. The van der Waals surface area contributed by atoms with Crippen LogP contribution in [0.2, 0.25) is 0 Å². The summed E-state index contributed by atoms with van der Waals surface area (Å²) in [5, 5.41) is 7.22. The van der Waals surface area contributed by atoms with E-state index in [-0.39, 0.29) is 5.41 Å². The van der Waals surface area contributed by atoms with E-state index in [1.54, 1.807) is 0 Å². The quantitative estimate of drug-likeness (QED) is 0.181. The minimum Gasteiger partial charge on any atom is -0.454 e. The number of benzene rings is 8. The van der Waals surface area contributed by atoms with E-state index in [1.165, 1.54) is 71.6 Å². The van der Waals surface area contributed by atoms with Crippen LogP contribution in [0.1, 0.15) is 25.0 Å². The number of rotatable bonds is 3. The highest BCUT2D eigenvalue weighted by molar-refractivity contribution is 6.14. The minimum atomic E-state index is -0.0646. The first-order valence-corrected chi connectivity index (χ1v) is 18.8. The van der Waals surface area contributed by atoms with Crippen molar-refractivity contribution in [1.29, 1.82) is 0 Å². The summed E-state index contributed by atoms with van der Waals surface area (Å²) < 4.78 is 11.4. The van der Waals surface area contributed by atoms with Crippen LogP contribution in [-0.2, 0) is 5.41 Å². The summed E-state index contributed by atoms with van der Waals surface area (Å²) in [6.07, 6.45) is 0. The molecule has 0 amide bonds. The van der Waals surface area contributed by atoms with E-state index in [2.05, 4.69) is 187 Å². The Morgan fingerprint density at radius 3 is 1.91 bits per heavy atom. The van der Waals surface area contributed by atoms with Crippen LogP contribution in [0.3, 0.4) is 0 Å². The van der Waals surface area contributed by atoms with Gasteiger partial charge in [-0.1, -0.05) is 129 Å². The van der Waals surface area contributed by atoms with Crippen molar-refractivity contribution in [2.24, 2.45) is 0 Å². The summed E-state index contributed by atoms with van der Waals surface area (Å²) in [6, 6.07) is 62.2.